The maximum atomic E-state index is 11.0. The van der Waals surface area contributed by atoms with Crippen LogP contribution in [-0.2, 0) is 6.54 Å². The number of fused-ring (bicyclic) bond motifs is 1. The lowest BCUT2D eigenvalue weighted by Gasteiger charge is -2.18. The Morgan fingerprint density at radius 2 is 1.51 bits per heavy atom. The first kappa shape index (κ1) is 37.9. The molecule has 45 heavy (non-hydrogen) atoms. The summed E-state index contributed by atoms with van der Waals surface area (Å²) in [5.41, 5.74) is 4.59. The van der Waals surface area contributed by atoms with Gasteiger partial charge in [0.2, 0.25) is 0 Å². The lowest BCUT2D eigenvalue weighted by molar-refractivity contribution is 0.112. The molecule has 0 radical (unpaired) electrons. The van der Waals surface area contributed by atoms with Crippen LogP contribution in [0.5, 0.6) is 0 Å². The number of rotatable bonds is 15. The van der Waals surface area contributed by atoms with Crippen molar-refractivity contribution in [2.75, 3.05) is 40.3 Å². The molecule has 0 spiro atoms. The Morgan fingerprint density at radius 3 is 2.02 bits per heavy atom. The molecule has 0 aliphatic carbocycles. The van der Waals surface area contributed by atoms with E-state index in [2.05, 4.69) is 82.0 Å². The number of carbonyl (C=O) groups excluding carboxylic acids is 1. The van der Waals surface area contributed by atoms with Crippen molar-refractivity contribution in [1.82, 2.24) is 29.1 Å². The second-order valence-electron chi connectivity index (χ2n) is 12.8. The van der Waals surface area contributed by atoms with Gasteiger partial charge in [-0.2, -0.15) is 5.10 Å². The first-order valence-corrected chi connectivity index (χ1v) is 17.1. The summed E-state index contributed by atoms with van der Waals surface area (Å²) in [5, 5.41) is 4.24. The maximum absolute atomic E-state index is 11.0. The van der Waals surface area contributed by atoms with Gasteiger partial charge >= 0.3 is 0 Å². The molecule has 0 unspecified atom stereocenters. The Bertz CT molecular complexity index is 1330. The van der Waals surface area contributed by atoms with Crippen LogP contribution < -0.4 is 0 Å². The highest BCUT2D eigenvalue weighted by Crippen LogP contribution is 2.26. The fourth-order valence-electron chi connectivity index (χ4n) is 4.80. The minimum atomic E-state index is 0.665. The van der Waals surface area contributed by atoms with Gasteiger partial charge in [0.05, 0.1) is 16.7 Å². The molecule has 2 aromatic carbocycles. The predicted molar refractivity (Wildman–Crippen MR) is 192 cm³/mol. The number of benzene rings is 2. The fourth-order valence-corrected chi connectivity index (χ4v) is 4.80. The van der Waals surface area contributed by atoms with E-state index in [1.807, 2.05) is 53.3 Å². The molecule has 4 aromatic rings. The van der Waals surface area contributed by atoms with Crippen molar-refractivity contribution in [3.8, 4) is 17.1 Å². The van der Waals surface area contributed by atoms with Gasteiger partial charge in [-0.1, -0.05) is 54.4 Å². The molecular formula is C38H60N6O. The largest absolute Gasteiger partial charge is 0.324 e. The second-order valence-corrected chi connectivity index (χ2v) is 12.8. The lowest BCUT2D eigenvalue weighted by Crippen LogP contribution is -2.23. The van der Waals surface area contributed by atoms with Crippen molar-refractivity contribution >= 4 is 17.3 Å². The number of hydrogen-bond acceptors (Lipinski definition) is 5. The van der Waals surface area contributed by atoms with Crippen LogP contribution in [0.15, 0.2) is 60.9 Å². The summed E-state index contributed by atoms with van der Waals surface area (Å²) in [5.74, 6) is 2.58. The van der Waals surface area contributed by atoms with E-state index in [0.717, 1.165) is 52.8 Å². The third-order valence-electron chi connectivity index (χ3n) is 7.98. The molecule has 248 valence electrons. The van der Waals surface area contributed by atoms with Crippen LogP contribution >= 0.6 is 0 Å². The van der Waals surface area contributed by atoms with Crippen molar-refractivity contribution in [1.29, 1.82) is 0 Å². The Labute approximate surface area is 273 Å². The summed E-state index contributed by atoms with van der Waals surface area (Å²) in [4.78, 5) is 20.6. The average molecular weight is 617 g/mol. The Kier molecular flexibility index (Phi) is 17.4. The number of unbranched alkanes of at least 4 members (excludes halogenated alkanes) is 2. The molecule has 0 saturated carbocycles. The van der Waals surface area contributed by atoms with E-state index in [4.69, 9.17) is 4.98 Å². The summed E-state index contributed by atoms with van der Waals surface area (Å²) in [6, 6.07) is 15.6. The molecule has 4 rings (SSSR count). The van der Waals surface area contributed by atoms with E-state index >= 15 is 0 Å². The molecule has 7 heteroatoms. The zero-order valence-corrected chi connectivity index (χ0v) is 29.7. The highest BCUT2D eigenvalue weighted by Gasteiger charge is 2.12. The van der Waals surface area contributed by atoms with Gasteiger partial charge in [-0.05, 0) is 127 Å². The lowest BCUT2D eigenvalue weighted by atomic mass is 10.1. The molecule has 0 N–H and O–H groups in total. The smallest absolute Gasteiger partial charge is 0.150 e. The van der Waals surface area contributed by atoms with Gasteiger partial charge in [0.25, 0.3) is 0 Å². The molecule has 0 aliphatic rings. The summed E-state index contributed by atoms with van der Waals surface area (Å²) in [7, 11) is 4.40. The van der Waals surface area contributed by atoms with Crippen LogP contribution in [-0.4, -0.2) is 75.7 Å². The molecule has 0 aliphatic heterocycles. The minimum Gasteiger partial charge on any atom is -0.324 e. The normalized spacial score (nSPS) is 11.2. The highest BCUT2D eigenvalue weighted by atomic mass is 16.1. The number of hydrogen-bond donors (Lipinski definition) is 0. The summed E-state index contributed by atoms with van der Waals surface area (Å²) in [6.07, 6.45) is 11.3. The Hall–Kier alpha value is -3.29. The predicted octanol–water partition coefficient (Wildman–Crippen LogP) is 8.86. The van der Waals surface area contributed by atoms with Gasteiger partial charge in [0.15, 0.2) is 0 Å². The van der Waals surface area contributed by atoms with E-state index in [9.17, 15) is 4.79 Å². The third-order valence-corrected chi connectivity index (χ3v) is 7.98. The topological polar surface area (TPSA) is 59.2 Å². The van der Waals surface area contributed by atoms with Crippen molar-refractivity contribution in [2.45, 2.75) is 87.1 Å². The molecule has 2 heterocycles. The van der Waals surface area contributed by atoms with E-state index in [-0.39, 0.29) is 0 Å². The average Bonchev–Trinajstić information content (AvgIpc) is 3.71. The van der Waals surface area contributed by atoms with Crippen LogP contribution in [0.25, 0.3) is 28.1 Å². The number of imidazole rings is 1. The van der Waals surface area contributed by atoms with Crippen LogP contribution in [0.3, 0.4) is 0 Å². The summed E-state index contributed by atoms with van der Waals surface area (Å²) in [6.45, 7) is 21.4. The monoisotopic (exact) mass is 616 g/mol. The van der Waals surface area contributed by atoms with Gasteiger partial charge in [-0.15, -0.1) is 0 Å². The van der Waals surface area contributed by atoms with E-state index < -0.39 is 0 Å². The molecular weight excluding hydrogens is 556 g/mol. The van der Waals surface area contributed by atoms with Crippen LogP contribution in [0.4, 0.5) is 0 Å². The van der Waals surface area contributed by atoms with Crippen molar-refractivity contribution in [3.63, 3.8) is 0 Å². The summed E-state index contributed by atoms with van der Waals surface area (Å²) >= 11 is 0. The van der Waals surface area contributed by atoms with Crippen LogP contribution in [0.1, 0.15) is 90.9 Å². The number of aromatic nitrogens is 4. The van der Waals surface area contributed by atoms with Crippen LogP contribution in [0, 0.1) is 11.8 Å². The fraction of sp³-hybridized carbons (Fsp3) is 0.553. The van der Waals surface area contributed by atoms with Crippen LogP contribution in [0.2, 0.25) is 0 Å². The first-order valence-electron chi connectivity index (χ1n) is 17.1. The number of nitrogens with zero attached hydrogens (tertiary/aromatic N) is 6. The van der Waals surface area contributed by atoms with E-state index in [1.165, 1.54) is 58.3 Å². The Balaban J connectivity index is 0.000000282. The molecule has 0 atom stereocenters. The Morgan fingerprint density at radius 1 is 0.844 bits per heavy atom. The van der Waals surface area contributed by atoms with Crippen molar-refractivity contribution in [2.24, 2.45) is 11.8 Å². The zero-order valence-electron chi connectivity index (χ0n) is 29.7. The third kappa shape index (κ3) is 13.3. The SMILES string of the molecule is CC(C)CCN(C)CCC(C)C.CCCCCN(C)CC.CCn1c(-c2ccc(-n3cccn3)cc2)nc2ccc(C=O)cc21. The molecule has 0 bridgehead atoms. The number of aryl methyl sites for hydroxylation is 1. The number of aldehydes is 1. The molecule has 0 amide bonds. The zero-order chi connectivity index (χ0) is 33.2. The maximum Gasteiger partial charge on any atom is 0.150 e. The van der Waals surface area contributed by atoms with Crippen molar-refractivity contribution < 1.29 is 4.79 Å². The molecule has 0 fully saturated rings. The van der Waals surface area contributed by atoms with Gasteiger partial charge < -0.3 is 14.4 Å². The van der Waals surface area contributed by atoms with Gasteiger partial charge in [0, 0.05) is 30.1 Å². The molecule has 0 saturated heterocycles. The van der Waals surface area contributed by atoms with Gasteiger partial charge in [0.1, 0.15) is 12.1 Å². The summed E-state index contributed by atoms with van der Waals surface area (Å²) < 4.78 is 3.95. The van der Waals surface area contributed by atoms with Gasteiger partial charge in [-0.25, -0.2) is 9.67 Å². The van der Waals surface area contributed by atoms with E-state index in [0.29, 0.717) is 5.56 Å². The molecule has 2 aromatic heterocycles. The molecule has 7 nitrogen and oxygen atoms in total. The van der Waals surface area contributed by atoms with Crippen molar-refractivity contribution in [3.05, 3.63) is 66.5 Å². The quantitative estimate of drug-likeness (QED) is 0.0986. The standard InChI is InChI=1S/C19H16N4O.C11H25N.C8H19N/c1-2-22-18-12-14(13-24)4-9-17(18)21-19(22)15-5-7-16(8-6-15)23-11-3-10-20-23;1-10(2)6-8-12(5)9-7-11(3)4;1-4-6-7-8-9(3)5-2/h3-13H,2H2,1H3;10-11H,6-9H2,1-5H3;4-8H2,1-3H3. The van der Waals surface area contributed by atoms with E-state index in [1.54, 1.807) is 12.3 Å². The van der Waals surface area contributed by atoms with Gasteiger partial charge in [-0.3, -0.25) is 4.79 Å². The second kappa shape index (κ2) is 20.7. The first-order chi connectivity index (χ1) is 21.6. The highest BCUT2D eigenvalue weighted by molar-refractivity contribution is 5.87. The number of carbonyl (C=O) groups is 1. The minimum absolute atomic E-state index is 0.665.